The third-order valence-electron chi connectivity index (χ3n) is 10.4. The minimum absolute atomic E-state index is 0.686. The predicted octanol–water partition coefficient (Wildman–Crippen LogP) is 10.6. The van der Waals surface area contributed by atoms with Gasteiger partial charge in [-0.15, -0.1) is 0 Å². The first-order valence-corrected chi connectivity index (χ1v) is 17.3. The van der Waals surface area contributed by atoms with Crippen LogP contribution in [0.3, 0.4) is 0 Å². The second-order valence-corrected chi connectivity index (χ2v) is 13.7. The summed E-state index contributed by atoms with van der Waals surface area (Å²) < 4.78 is 0. The van der Waals surface area contributed by atoms with Crippen LogP contribution in [-0.2, 0) is 5.41 Å². The van der Waals surface area contributed by atoms with Gasteiger partial charge in [0.25, 0.3) is 0 Å². The zero-order valence-electron chi connectivity index (χ0n) is 29.7. The maximum Gasteiger partial charge on any atom is 0.0744 e. The topological polar surface area (TPSA) is 104 Å². The highest BCUT2D eigenvalue weighted by molar-refractivity contribution is 5.84. The first-order valence-electron chi connectivity index (χ1n) is 17.3. The molecule has 0 bridgehead atoms. The fourth-order valence-electron chi connectivity index (χ4n) is 7.98. The van der Waals surface area contributed by atoms with Gasteiger partial charge in [0.15, 0.2) is 0 Å². The van der Waals surface area contributed by atoms with Gasteiger partial charge in [0.2, 0.25) is 0 Å². The molecule has 0 saturated carbocycles. The lowest BCUT2D eigenvalue weighted by molar-refractivity contribution is 0.744. The molecule has 8 N–H and O–H groups in total. The molecule has 4 nitrogen and oxygen atoms in total. The number of nitrogen functional groups attached to an aromatic ring is 4. The van der Waals surface area contributed by atoms with Crippen LogP contribution >= 0.6 is 0 Å². The summed E-state index contributed by atoms with van der Waals surface area (Å²) in [5, 5.41) is 0. The van der Waals surface area contributed by atoms with Crippen molar-refractivity contribution in [2.75, 3.05) is 22.9 Å². The fraction of sp³-hybridized carbons (Fsp3) is 0.106. The Hall–Kier alpha value is -6.26. The molecule has 51 heavy (non-hydrogen) atoms. The van der Waals surface area contributed by atoms with Crippen molar-refractivity contribution in [2.24, 2.45) is 0 Å². The van der Waals surface area contributed by atoms with Crippen LogP contribution in [0, 0.1) is 27.7 Å². The molecule has 7 rings (SSSR count). The fourth-order valence-corrected chi connectivity index (χ4v) is 7.98. The SMILES string of the molecule is Cc1cc(N)ccc1-c1cc(C(c2ccccc2)(c2ccc(-c3ccccc3)cc2)c2c(N)ccc(-c3ccc(N)cc3C)c2C)c(N)cc1C. The second-order valence-electron chi connectivity index (χ2n) is 13.7. The van der Waals surface area contributed by atoms with Crippen LogP contribution in [0.1, 0.15) is 44.5 Å². The standard InChI is InChI=1S/C47H44N4/c1-29-25-37(48)19-21-39(29)41-23-24-44(50)46(32(41)4)47(35-13-9-6-10-14-35,36-17-15-34(16-18-36)33-11-7-5-8-12-33)43-28-42(31(3)27-45(43)51)40-22-20-38(49)26-30(40)2/h5-28H,48-51H2,1-4H3. The van der Waals surface area contributed by atoms with Gasteiger partial charge in [-0.05, 0) is 148 Å². The van der Waals surface area contributed by atoms with Crippen molar-refractivity contribution in [3.63, 3.8) is 0 Å². The molecule has 0 aliphatic rings. The third-order valence-corrected chi connectivity index (χ3v) is 10.4. The van der Waals surface area contributed by atoms with Crippen LogP contribution in [0.2, 0.25) is 0 Å². The van der Waals surface area contributed by atoms with Crippen LogP contribution in [0.15, 0.2) is 146 Å². The van der Waals surface area contributed by atoms with Gasteiger partial charge in [-0.25, -0.2) is 0 Å². The van der Waals surface area contributed by atoms with Crippen LogP contribution in [0.5, 0.6) is 0 Å². The number of anilines is 4. The predicted molar refractivity (Wildman–Crippen MR) is 218 cm³/mol. The highest BCUT2D eigenvalue weighted by atomic mass is 14.6. The highest BCUT2D eigenvalue weighted by Crippen LogP contribution is 2.53. The summed E-state index contributed by atoms with van der Waals surface area (Å²) in [6.07, 6.45) is 0. The van der Waals surface area contributed by atoms with E-state index in [-0.39, 0.29) is 0 Å². The lowest BCUT2D eigenvalue weighted by Gasteiger charge is -2.40. The number of aryl methyl sites for hydroxylation is 3. The van der Waals surface area contributed by atoms with Gasteiger partial charge in [0.1, 0.15) is 0 Å². The first kappa shape index (κ1) is 33.2. The molecule has 1 unspecified atom stereocenters. The smallest absolute Gasteiger partial charge is 0.0744 e. The van der Waals surface area contributed by atoms with Gasteiger partial charge in [0, 0.05) is 22.7 Å². The summed E-state index contributed by atoms with van der Waals surface area (Å²) in [7, 11) is 0. The molecular formula is C47H44N4. The Morgan fingerprint density at radius 3 is 1.47 bits per heavy atom. The molecule has 0 spiro atoms. The molecule has 0 aliphatic heterocycles. The van der Waals surface area contributed by atoms with Gasteiger partial charge in [-0.3, -0.25) is 0 Å². The van der Waals surface area contributed by atoms with E-state index in [0.717, 1.165) is 89.3 Å². The number of hydrogen-bond donors (Lipinski definition) is 4. The lowest BCUT2D eigenvalue weighted by Crippen LogP contribution is -2.34. The molecule has 7 aromatic carbocycles. The zero-order valence-corrected chi connectivity index (χ0v) is 29.7. The monoisotopic (exact) mass is 664 g/mol. The molecule has 0 fully saturated rings. The minimum Gasteiger partial charge on any atom is -0.399 e. The average Bonchev–Trinajstić information content (AvgIpc) is 3.12. The summed E-state index contributed by atoms with van der Waals surface area (Å²) >= 11 is 0. The molecule has 252 valence electrons. The Balaban J connectivity index is 1.63. The van der Waals surface area contributed by atoms with Crippen LogP contribution in [0.4, 0.5) is 22.7 Å². The highest BCUT2D eigenvalue weighted by Gasteiger charge is 2.43. The van der Waals surface area contributed by atoms with Gasteiger partial charge in [-0.1, -0.05) is 103 Å². The van der Waals surface area contributed by atoms with Crippen molar-refractivity contribution in [1.29, 1.82) is 0 Å². The Kier molecular flexibility index (Phi) is 8.62. The Bertz CT molecular complexity index is 2380. The van der Waals surface area contributed by atoms with E-state index in [1.807, 2.05) is 36.4 Å². The quantitative estimate of drug-likeness (QED) is 0.101. The molecule has 0 radical (unpaired) electrons. The normalized spacial score (nSPS) is 12.4. The zero-order chi connectivity index (χ0) is 35.9. The maximum atomic E-state index is 7.26. The summed E-state index contributed by atoms with van der Waals surface area (Å²) in [5.74, 6) is 0. The molecule has 0 aliphatic carbocycles. The van der Waals surface area contributed by atoms with Crippen LogP contribution in [-0.4, -0.2) is 0 Å². The summed E-state index contributed by atoms with van der Waals surface area (Å²) in [6.45, 7) is 8.51. The Morgan fingerprint density at radius 1 is 0.392 bits per heavy atom. The van der Waals surface area contributed by atoms with Crippen LogP contribution in [0.25, 0.3) is 33.4 Å². The number of hydrogen-bond acceptors (Lipinski definition) is 4. The molecule has 4 heteroatoms. The van der Waals surface area contributed by atoms with E-state index in [4.69, 9.17) is 22.9 Å². The summed E-state index contributed by atoms with van der Waals surface area (Å²) in [6, 6.07) is 50.7. The van der Waals surface area contributed by atoms with Crippen molar-refractivity contribution in [2.45, 2.75) is 33.1 Å². The molecule has 0 saturated heterocycles. The first-order chi connectivity index (χ1) is 24.6. The second kappa shape index (κ2) is 13.2. The molecule has 7 aromatic rings. The minimum atomic E-state index is -0.906. The van der Waals surface area contributed by atoms with E-state index >= 15 is 0 Å². The molecule has 0 amide bonds. The van der Waals surface area contributed by atoms with E-state index in [1.165, 1.54) is 0 Å². The molecule has 1 atom stereocenters. The van der Waals surface area contributed by atoms with Gasteiger partial charge in [-0.2, -0.15) is 0 Å². The number of rotatable bonds is 7. The molecule has 0 heterocycles. The Morgan fingerprint density at radius 2 is 0.882 bits per heavy atom. The van der Waals surface area contributed by atoms with Crippen molar-refractivity contribution in [3.05, 3.63) is 190 Å². The summed E-state index contributed by atoms with van der Waals surface area (Å²) in [4.78, 5) is 0. The van der Waals surface area contributed by atoms with E-state index < -0.39 is 5.41 Å². The van der Waals surface area contributed by atoms with E-state index in [0.29, 0.717) is 11.4 Å². The van der Waals surface area contributed by atoms with Crippen molar-refractivity contribution < 1.29 is 0 Å². The maximum absolute atomic E-state index is 7.26. The van der Waals surface area contributed by atoms with E-state index in [1.54, 1.807) is 0 Å². The largest absolute Gasteiger partial charge is 0.399 e. The number of benzene rings is 7. The summed E-state index contributed by atoms with van der Waals surface area (Å²) in [5.41, 5.74) is 44.0. The molecular weight excluding hydrogens is 621 g/mol. The van der Waals surface area contributed by atoms with Crippen molar-refractivity contribution >= 4 is 22.7 Å². The van der Waals surface area contributed by atoms with E-state index in [9.17, 15) is 0 Å². The van der Waals surface area contributed by atoms with Crippen molar-refractivity contribution in [3.8, 4) is 33.4 Å². The Labute approximate surface area is 301 Å². The lowest BCUT2D eigenvalue weighted by atomic mass is 9.62. The third kappa shape index (κ3) is 5.79. The van der Waals surface area contributed by atoms with Gasteiger partial charge in [0.05, 0.1) is 5.41 Å². The number of nitrogens with two attached hydrogens (primary N) is 4. The van der Waals surface area contributed by atoms with Crippen LogP contribution < -0.4 is 22.9 Å². The average molecular weight is 665 g/mol. The van der Waals surface area contributed by atoms with E-state index in [2.05, 4.69) is 137 Å². The molecule has 0 aromatic heterocycles. The van der Waals surface area contributed by atoms with Gasteiger partial charge >= 0.3 is 0 Å². The van der Waals surface area contributed by atoms with Gasteiger partial charge < -0.3 is 22.9 Å². The van der Waals surface area contributed by atoms with Crippen molar-refractivity contribution in [1.82, 2.24) is 0 Å².